The zero-order valence-electron chi connectivity index (χ0n) is 27.7. The van der Waals surface area contributed by atoms with Gasteiger partial charge in [0.2, 0.25) is 0 Å². The molecule has 0 fully saturated rings. The number of carbonyl (C=O) groups is 2. The van der Waals surface area contributed by atoms with Crippen molar-refractivity contribution in [1.29, 1.82) is 0 Å². The van der Waals surface area contributed by atoms with E-state index in [-0.39, 0.29) is 25.2 Å². The molecule has 0 spiro atoms. The summed E-state index contributed by atoms with van der Waals surface area (Å²) in [5.74, 6) is 0.287. The minimum atomic E-state index is -0.954. The maximum absolute atomic E-state index is 11.9. The van der Waals surface area contributed by atoms with E-state index in [9.17, 15) is 14.7 Å². The lowest BCUT2D eigenvalue weighted by Crippen LogP contribution is -2.25. The van der Waals surface area contributed by atoms with Crippen LogP contribution in [0.4, 0.5) is 0 Å². The van der Waals surface area contributed by atoms with Crippen LogP contribution in [0.15, 0.2) is 0 Å². The van der Waals surface area contributed by atoms with Crippen molar-refractivity contribution in [2.75, 3.05) is 13.2 Å². The molecule has 0 aromatic rings. The van der Waals surface area contributed by atoms with Gasteiger partial charge in [-0.3, -0.25) is 9.59 Å². The number of unbranched alkanes of at least 4 members (excludes halogenated alkanes) is 22. The normalized spacial score (nSPS) is 12.1. The van der Waals surface area contributed by atoms with Crippen molar-refractivity contribution in [2.24, 2.45) is 5.92 Å². The van der Waals surface area contributed by atoms with Crippen molar-refractivity contribution < 1.29 is 24.2 Å². The highest BCUT2D eigenvalue weighted by molar-refractivity contribution is 5.69. The Bertz CT molecular complexity index is 562. The molecule has 0 aromatic carbocycles. The first-order valence-corrected chi connectivity index (χ1v) is 17.9. The Morgan fingerprint density at radius 3 is 1.10 bits per heavy atom. The smallest absolute Gasteiger partial charge is 0.305 e. The van der Waals surface area contributed by atoms with Crippen LogP contribution in [0, 0.1) is 5.92 Å². The molecule has 0 aliphatic rings. The molecule has 1 atom stereocenters. The largest absolute Gasteiger partial charge is 0.463 e. The molecule has 244 valence electrons. The molecule has 0 heterocycles. The minimum absolute atomic E-state index is 0.109. The fourth-order valence-corrected chi connectivity index (χ4v) is 5.27. The summed E-state index contributed by atoms with van der Waals surface area (Å²) in [7, 11) is 0. The average molecular weight is 583 g/mol. The van der Waals surface area contributed by atoms with Crippen LogP contribution in [0.1, 0.15) is 194 Å². The molecule has 0 saturated heterocycles. The van der Waals surface area contributed by atoms with Gasteiger partial charge in [-0.1, -0.05) is 168 Å². The lowest BCUT2D eigenvalue weighted by molar-refractivity contribution is -0.152. The third-order valence-corrected chi connectivity index (χ3v) is 8.02. The molecule has 0 bridgehead atoms. The van der Waals surface area contributed by atoms with Crippen LogP contribution in [0.5, 0.6) is 0 Å². The van der Waals surface area contributed by atoms with E-state index in [1.54, 1.807) is 0 Å². The Morgan fingerprint density at radius 2 is 0.780 bits per heavy atom. The minimum Gasteiger partial charge on any atom is -0.463 e. The summed E-state index contributed by atoms with van der Waals surface area (Å²) >= 11 is 0. The highest BCUT2D eigenvalue weighted by Gasteiger charge is 2.12. The predicted octanol–water partition coefficient (Wildman–Crippen LogP) is 10.6. The number of esters is 2. The SMILES string of the molecule is CCCCCCCCCCCCCCC(=O)OC[C@H](O)COC(=O)CCCCCCCCCCCCCCC(C)C. The number of ether oxygens (including phenoxy) is 2. The van der Waals surface area contributed by atoms with Crippen molar-refractivity contribution in [2.45, 2.75) is 200 Å². The molecule has 5 heteroatoms. The quantitative estimate of drug-likeness (QED) is 0.0631. The van der Waals surface area contributed by atoms with Gasteiger partial charge in [0.05, 0.1) is 0 Å². The number of hydrogen-bond donors (Lipinski definition) is 1. The summed E-state index contributed by atoms with van der Waals surface area (Å²) in [6.07, 6.45) is 31.5. The molecule has 0 unspecified atom stereocenters. The van der Waals surface area contributed by atoms with Gasteiger partial charge >= 0.3 is 11.9 Å². The number of carbonyl (C=O) groups excluding carboxylic acids is 2. The van der Waals surface area contributed by atoms with Crippen molar-refractivity contribution >= 4 is 11.9 Å². The number of rotatable bonds is 32. The lowest BCUT2D eigenvalue weighted by Gasteiger charge is -2.12. The maximum Gasteiger partial charge on any atom is 0.305 e. The van der Waals surface area contributed by atoms with E-state index in [2.05, 4.69) is 20.8 Å². The van der Waals surface area contributed by atoms with Gasteiger partial charge in [0.25, 0.3) is 0 Å². The van der Waals surface area contributed by atoms with Crippen LogP contribution >= 0.6 is 0 Å². The molecule has 41 heavy (non-hydrogen) atoms. The molecule has 0 rings (SSSR count). The topological polar surface area (TPSA) is 72.8 Å². The zero-order chi connectivity index (χ0) is 30.2. The molecule has 0 radical (unpaired) electrons. The third kappa shape index (κ3) is 33.3. The van der Waals surface area contributed by atoms with Gasteiger partial charge in [0.1, 0.15) is 19.3 Å². The molecule has 1 N–H and O–H groups in total. The summed E-state index contributed by atoms with van der Waals surface area (Å²) in [6.45, 7) is 6.65. The van der Waals surface area contributed by atoms with Crippen molar-refractivity contribution in [1.82, 2.24) is 0 Å². The summed E-state index contributed by atoms with van der Waals surface area (Å²) < 4.78 is 10.3. The first-order chi connectivity index (χ1) is 20.0. The Hall–Kier alpha value is -1.10. The molecule has 0 aliphatic heterocycles. The van der Waals surface area contributed by atoms with Crippen LogP contribution in [0.3, 0.4) is 0 Å². The third-order valence-electron chi connectivity index (χ3n) is 8.02. The van der Waals surface area contributed by atoms with E-state index in [0.717, 1.165) is 31.6 Å². The van der Waals surface area contributed by atoms with Crippen LogP contribution in [-0.4, -0.2) is 36.4 Å². The first-order valence-electron chi connectivity index (χ1n) is 17.9. The van der Waals surface area contributed by atoms with Gasteiger partial charge in [-0.2, -0.15) is 0 Å². The number of hydrogen-bond acceptors (Lipinski definition) is 5. The Balaban J connectivity index is 3.40. The van der Waals surface area contributed by atoms with Gasteiger partial charge < -0.3 is 14.6 Å². The first kappa shape index (κ1) is 39.9. The molecular formula is C36H70O5. The van der Waals surface area contributed by atoms with Gasteiger partial charge in [0, 0.05) is 12.8 Å². The second kappa shape index (κ2) is 31.8. The van der Waals surface area contributed by atoms with E-state index in [0.29, 0.717) is 12.8 Å². The van der Waals surface area contributed by atoms with E-state index < -0.39 is 6.10 Å². The van der Waals surface area contributed by atoms with E-state index in [1.165, 1.54) is 135 Å². The Morgan fingerprint density at radius 1 is 0.488 bits per heavy atom. The van der Waals surface area contributed by atoms with Crippen molar-refractivity contribution in [3.05, 3.63) is 0 Å². The molecule has 0 aliphatic carbocycles. The standard InChI is InChI=1S/C36H70O5/c1-4-5-6-7-8-9-10-14-17-20-23-26-29-35(38)40-31-34(37)32-41-36(39)30-27-24-21-18-15-12-11-13-16-19-22-25-28-33(2)3/h33-34,37H,4-32H2,1-3H3/t34-/m0/s1. The summed E-state index contributed by atoms with van der Waals surface area (Å²) in [6, 6.07) is 0. The molecule has 0 amide bonds. The fraction of sp³-hybridized carbons (Fsp3) is 0.944. The fourth-order valence-electron chi connectivity index (χ4n) is 5.27. The van der Waals surface area contributed by atoms with E-state index in [1.807, 2.05) is 0 Å². The van der Waals surface area contributed by atoms with Gasteiger partial charge in [0.15, 0.2) is 0 Å². The van der Waals surface area contributed by atoms with Crippen LogP contribution in [0.2, 0.25) is 0 Å². The monoisotopic (exact) mass is 583 g/mol. The second-order valence-corrected chi connectivity index (χ2v) is 12.8. The van der Waals surface area contributed by atoms with Crippen LogP contribution in [-0.2, 0) is 19.1 Å². The van der Waals surface area contributed by atoms with E-state index >= 15 is 0 Å². The lowest BCUT2D eigenvalue weighted by atomic mass is 10.0. The van der Waals surface area contributed by atoms with Crippen molar-refractivity contribution in [3.8, 4) is 0 Å². The Kier molecular flexibility index (Phi) is 31.0. The van der Waals surface area contributed by atoms with Crippen LogP contribution in [0.25, 0.3) is 0 Å². The van der Waals surface area contributed by atoms with E-state index in [4.69, 9.17) is 9.47 Å². The average Bonchev–Trinajstić information content (AvgIpc) is 2.95. The Labute approximate surface area is 255 Å². The number of aliphatic hydroxyl groups excluding tert-OH is 1. The van der Waals surface area contributed by atoms with Gasteiger partial charge in [-0.15, -0.1) is 0 Å². The summed E-state index contributed by atoms with van der Waals surface area (Å²) in [5.41, 5.74) is 0. The summed E-state index contributed by atoms with van der Waals surface area (Å²) in [5, 5.41) is 9.97. The zero-order valence-corrected chi connectivity index (χ0v) is 27.7. The maximum atomic E-state index is 11.9. The van der Waals surface area contributed by atoms with Crippen LogP contribution < -0.4 is 0 Å². The molecular weight excluding hydrogens is 512 g/mol. The van der Waals surface area contributed by atoms with Crippen molar-refractivity contribution in [3.63, 3.8) is 0 Å². The molecule has 0 aromatic heterocycles. The second-order valence-electron chi connectivity index (χ2n) is 12.8. The highest BCUT2D eigenvalue weighted by Crippen LogP contribution is 2.15. The molecule has 5 nitrogen and oxygen atoms in total. The molecule has 0 saturated carbocycles. The highest BCUT2D eigenvalue weighted by atomic mass is 16.6. The van der Waals surface area contributed by atoms with Gasteiger partial charge in [-0.05, 0) is 18.8 Å². The number of aliphatic hydroxyl groups is 1. The van der Waals surface area contributed by atoms with Gasteiger partial charge in [-0.25, -0.2) is 0 Å². The summed E-state index contributed by atoms with van der Waals surface area (Å²) in [4.78, 5) is 23.8. The predicted molar refractivity (Wildman–Crippen MR) is 173 cm³/mol.